The highest BCUT2D eigenvalue weighted by molar-refractivity contribution is 6.08. The number of fused-ring (bicyclic) bond motifs is 6. The van der Waals surface area contributed by atoms with Crippen molar-refractivity contribution in [3.63, 3.8) is 0 Å². The lowest BCUT2D eigenvalue weighted by molar-refractivity contribution is 0.102. The van der Waals surface area contributed by atoms with Gasteiger partial charge in [0.15, 0.2) is 0 Å². The van der Waals surface area contributed by atoms with E-state index < -0.39 is 0 Å². The molecule has 1 aliphatic carbocycles. The SMILES string of the molecule is CCn1c2ccccc2c2cc(C3Nc4ccc(NC(=O)c5ccccc5)cc4C4C=CCC43)ccc21. The van der Waals surface area contributed by atoms with Gasteiger partial charge in [0, 0.05) is 51.2 Å². The Morgan fingerprint density at radius 3 is 2.59 bits per heavy atom. The van der Waals surface area contributed by atoms with Crippen LogP contribution < -0.4 is 10.6 Å². The van der Waals surface area contributed by atoms with Gasteiger partial charge in [-0.1, -0.05) is 54.6 Å². The summed E-state index contributed by atoms with van der Waals surface area (Å²) < 4.78 is 2.41. The molecule has 3 atom stereocenters. The molecule has 0 saturated heterocycles. The second kappa shape index (κ2) is 8.67. The minimum absolute atomic E-state index is 0.0831. The van der Waals surface area contributed by atoms with Crippen LogP contribution in [0.4, 0.5) is 11.4 Å². The summed E-state index contributed by atoms with van der Waals surface area (Å²) in [6, 6.07) is 31.6. The van der Waals surface area contributed by atoms with Crippen molar-refractivity contribution in [3.05, 3.63) is 120 Å². The summed E-state index contributed by atoms with van der Waals surface area (Å²) >= 11 is 0. The zero-order valence-corrected chi connectivity index (χ0v) is 20.8. The number of para-hydroxylation sites is 1. The number of aryl methyl sites for hydroxylation is 1. The molecule has 3 unspecified atom stereocenters. The number of carbonyl (C=O) groups is 1. The number of carbonyl (C=O) groups excluding carboxylic acids is 1. The van der Waals surface area contributed by atoms with Gasteiger partial charge in [-0.05, 0) is 78.9 Å². The molecule has 1 aliphatic heterocycles. The van der Waals surface area contributed by atoms with Crippen LogP contribution in [0.5, 0.6) is 0 Å². The van der Waals surface area contributed by atoms with E-state index in [4.69, 9.17) is 0 Å². The highest BCUT2D eigenvalue weighted by atomic mass is 16.1. The first-order valence-corrected chi connectivity index (χ1v) is 13.2. The normalized spacial score (nSPS) is 20.0. The third-order valence-electron chi connectivity index (χ3n) is 8.13. The zero-order valence-electron chi connectivity index (χ0n) is 20.8. The summed E-state index contributed by atoms with van der Waals surface area (Å²) in [6.07, 6.45) is 5.70. The van der Waals surface area contributed by atoms with E-state index in [0.29, 0.717) is 17.4 Å². The maximum atomic E-state index is 12.7. The van der Waals surface area contributed by atoms with Crippen LogP contribution in [0.2, 0.25) is 0 Å². The lowest BCUT2D eigenvalue weighted by Gasteiger charge is -2.38. The van der Waals surface area contributed by atoms with Gasteiger partial charge in [0.05, 0.1) is 6.04 Å². The molecule has 0 spiro atoms. The fourth-order valence-corrected chi connectivity index (χ4v) is 6.40. The molecular formula is C33H29N3O. The number of anilines is 2. The fourth-order valence-electron chi connectivity index (χ4n) is 6.40. The number of nitrogens with zero attached hydrogens (tertiary/aromatic N) is 1. The van der Waals surface area contributed by atoms with Crippen LogP contribution in [-0.4, -0.2) is 10.5 Å². The topological polar surface area (TPSA) is 46.1 Å². The van der Waals surface area contributed by atoms with E-state index in [9.17, 15) is 4.79 Å². The van der Waals surface area contributed by atoms with Gasteiger partial charge in [0.25, 0.3) is 5.91 Å². The number of hydrogen-bond acceptors (Lipinski definition) is 2. The molecule has 2 heterocycles. The molecule has 0 bridgehead atoms. The van der Waals surface area contributed by atoms with Gasteiger partial charge >= 0.3 is 0 Å². The van der Waals surface area contributed by atoms with Crippen LogP contribution >= 0.6 is 0 Å². The van der Waals surface area contributed by atoms with E-state index in [1.807, 2.05) is 36.4 Å². The van der Waals surface area contributed by atoms with Gasteiger partial charge in [0.2, 0.25) is 0 Å². The van der Waals surface area contributed by atoms with Crippen molar-refractivity contribution in [3.8, 4) is 0 Å². The molecule has 0 saturated carbocycles. The van der Waals surface area contributed by atoms with Crippen LogP contribution in [0.25, 0.3) is 21.8 Å². The molecule has 2 aliphatic rings. The third-order valence-corrected chi connectivity index (χ3v) is 8.13. The molecule has 1 amide bonds. The van der Waals surface area contributed by atoms with Crippen LogP contribution in [0, 0.1) is 5.92 Å². The molecule has 4 aromatic carbocycles. The van der Waals surface area contributed by atoms with Gasteiger partial charge in [-0.25, -0.2) is 0 Å². The van der Waals surface area contributed by atoms with Crippen LogP contribution in [0.15, 0.2) is 103 Å². The highest BCUT2D eigenvalue weighted by Gasteiger charge is 2.38. The fraction of sp³-hybridized carbons (Fsp3) is 0.182. The average Bonchev–Trinajstić information content (AvgIpc) is 3.56. The second-order valence-electron chi connectivity index (χ2n) is 10.1. The molecule has 0 radical (unpaired) electrons. The lowest BCUT2D eigenvalue weighted by Crippen LogP contribution is -2.29. The van der Waals surface area contributed by atoms with Gasteiger partial charge < -0.3 is 15.2 Å². The molecule has 7 rings (SSSR count). The van der Waals surface area contributed by atoms with Gasteiger partial charge in [-0.15, -0.1) is 0 Å². The molecule has 0 fully saturated rings. The molecule has 5 aromatic rings. The van der Waals surface area contributed by atoms with E-state index in [0.717, 1.165) is 24.3 Å². The summed E-state index contributed by atoms with van der Waals surface area (Å²) in [5, 5.41) is 9.59. The van der Waals surface area contributed by atoms with E-state index in [1.165, 1.54) is 32.9 Å². The molecule has 182 valence electrons. The van der Waals surface area contributed by atoms with Crippen molar-refractivity contribution >= 4 is 39.1 Å². The highest BCUT2D eigenvalue weighted by Crippen LogP contribution is 2.50. The average molecular weight is 484 g/mol. The van der Waals surface area contributed by atoms with Gasteiger partial charge in [-0.2, -0.15) is 0 Å². The Labute approximate surface area is 216 Å². The Morgan fingerprint density at radius 2 is 1.73 bits per heavy atom. The van der Waals surface area contributed by atoms with E-state index in [1.54, 1.807) is 0 Å². The standard InChI is InChI=1S/C33H29N3O/c1-2-36-30-14-7-6-11-25(30)28-19-22(15-18-31(28)36)32-26-13-8-12-24(26)27-20-23(16-17-29(27)35-32)34-33(37)21-9-4-3-5-10-21/h3-12,14-20,24,26,32,35H,2,13H2,1H3,(H,34,37). The Hall–Kier alpha value is -4.31. The van der Waals surface area contributed by atoms with E-state index >= 15 is 0 Å². The predicted octanol–water partition coefficient (Wildman–Crippen LogP) is 7.89. The van der Waals surface area contributed by atoms with Crippen molar-refractivity contribution < 1.29 is 4.79 Å². The summed E-state index contributed by atoms with van der Waals surface area (Å²) in [5.41, 5.74) is 7.82. The van der Waals surface area contributed by atoms with Crippen molar-refractivity contribution in [1.82, 2.24) is 4.57 Å². The predicted molar refractivity (Wildman–Crippen MR) is 152 cm³/mol. The first-order valence-electron chi connectivity index (χ1n) is 13.2. The minimum Gasteiger partial charge on any atom is -0.378 e. The monoisotopic (exact) mass is 483 g/mol. The van der Waals surface area contributed by atoms with Crippen molar-refractivity contribution in [1.29, 1.82) is 0 Å². The number of nitrogens with one attached hydrogen (secondary N) is 2. The number of allylic oxidation sites excluding steroid dienone is 2. The molecule has 4 heteroatoms. The molecule has 4 nitrogen and oxygen atoms in total. The number of hydrogen-bond donors (Lipinski definition) is 2. The maximum Gasteiger partial charge on any atom is 0.255 e. The van der Waals surface area contributed by atoms with Crippen LogP contribution in [0.3, 0.4) is 0 Å². The largest absolute Gasteiger partial charge is 0.378 e. The third kappa shape index (κ3) is 3.55. The van der Waals surface area contributed by atoms with E-state index in [2.05, 4.69) is 88.9 Å². The Bertz CT molecular complexity index is 1680. The molecular weight excluding hydrogens is 454 g/mol. The Morgan fingerprint density at radius 1 is 0.919 bits per heavy atom. The molecule has 2 N–H and O–H groups in total. The van der Waals surface area contributed by atoms with Crippen molar-refractivity contribution in [2.75, 3.05) is 10.6 Å². The van der Waals surface area contributed by atoms with E-state index in [-0.39, 0.29) is 11.9 Å². The summed E-state index contributed by atoms with van der Waals surface area (Å²) in [6.45, 7) is 3.17. The van der Waals surface area contributed by atoms with Gasteiger partial charge in [-0.3, -0.25) is 4.79 Å². The Balaban J connectivity index is 1.24. The number of rotatable bonds is 4. The van der Waals surface area contributed by atoms with Crippen molar-refractivity contribution in [2.24, 2.45) is 5.92 Å². The van der Waals surface area contributed by atoms with Crippen molar-refractivity contribution in [2.45, 2.75) is 31.8 Å². The molecule has 1 aromatic heterocycles. The summed E-state index contributed by atoms with van der Waals surface area (Å²) in [4.78, 5) is 12.7. The van der Waals surface area contributed by atoms with Crippen LogP contribution in [0.1, 0.15) is 46.8 Å². The van der Waals surface area contributed by atoms with Gasteiger partial charge in [0.1, 0.15) is 0 Å². The summed E-state index contributed by atoms with van der Waals surface area (Å²) in [7, 11) is 0. The lowest BCUT2D eigenvalue weighted by atomic mass is 9.76. The second-order valence-corrected chi connectivity index (χ2v) is 10.1. The number of benzene rings is 4. The first kappa shape index (κ1) is 21.9. The first-order chi connectivity index (χ1) is 18.2. The minimum atomic E-state index is -0.0831. The number of amides is 1. The Kier molecular flexibility index (Phi) is 5.14. The maximum absolute atomic E-state index is 12.7. The zero-order chi connectivity index (χ0) is 24.9. The summed E-state index contributed by atoms with van der Waals surface area (Å²) in [5.74, 6) is 0.673. The molecule has 37 heavy (non-hydrogen) atoms. The number of aromatic nitrogens is 1. The quantitative estimate of drug-likeness (QED) is 0.255. The smallest absolute Gasteiger partial charge is 0.255 e. The van der Waals surface area contributed by atoms with Crippen LogP contribution in [-0.2, 0) is 6.54 Å².